The van der Waals surface area contributed by atoms with E-state index in [1.54, 1.807) is 13.8 Å². The molecule has 0 aliphatic heterocycles. The van der Waals surface area contributed by atoms with Gasteiger partial charge in [0.25, 0.3) is 5.56 Å². The minimum absolute atomic E-state index is 0.0309. The first-order valence-corrected chi connectivity index (χ1v) is 10.8. The highest BCUT2D eigenvalue weighted by Crippen LogP contribution is 2.22. The SMILES string of the molecule is CCN(CC)S(=O)(=O)c1ccc(=O)n(CC(=O)Nc2nnc(C(C)C)s2)c1. The number of carbonyl (C=O) groups is 1. The number of aromatic nitrogens is 3. The molecule has 0 spiro atoms. The van der Waals surface area contributed by atoms with Gasteiger partial charge in [-0.1, -0.05) is 39.0 Å². The molecule has 0 aromatic carbocycles. The van der Waals surface area contributed by atoms with E-state index in [-0.39, 0.29) is 17.4 Å². The second kappa shape index (κ2) is 8.72. The lowest BCUT2D eigenvalue weighted by molar-refractivity contribution is -0.116. The maximum Gasteiger partial charge on any atom is 0.251 e. The highest BCUT2D eigenvalue weighted by molar-refractivity contribution is 7.89. The number of hydrogen-bond donors (Lipinski definition) is 1. The van der Waals surface area contributed by atoms with Crippen LogP contribution in [0, 0.1) is 0 Å². The van der Waals surface area contributed by atoms with E-state index in [9.17, 15) is 18.0 Å². The van der Waals surface area contributed by atoms with Gasteiger partial charge < -0.3 is 4.57 Å². The van der Waals surface area contributed by atoms with Gasteiger partial charge in [0.15, 0.2) is 0 Å². The van der Waals surface area contributed by atoms with Crippen molar-refractivity contribution in [3.63, 3.8) is 0 Å². The number of nitrogens with one attached hydrogen (secondary N) is 1. The predicted molar refractivity (Wildman–Crippen MR) is 103 cm³/mol. The summed E-state index contributed by atoms with van der Waals surface area (Å²) in [6.45, 7) is 7.70. The van der Waals surface area contributed by atoms with E-state index < -0.39 is 21.5 Å². The Kier molecular flexibility index (Phi) is 6.84. The summed E-state index contributed by atoms with van der Waals surface area (Å²) >= 11 is 1.26. The minimum atomic E-state index is -3.72. The van der Waals surface area contributed by atoms with E-state index in [2.05, 4.69) is 15.5 Å². The molecular weight excluding hydrogens is 390 g/mol. The summed E-state index contributed by atoms with van der Waals surface area (Å²) in [5, 5.41) is 11.6. The molecule has 2 rings (SSSR count). The fourth-order valence-corrected chi connectivity index (χ4v) is 4.57. The maximum atomic E-state index is 12.6. The number of amides is 1. The monoisotopic (exact) mass is 413 g/mol. The van der Waals surface area contributed by atoms with Crippen LogP contribution in [0.1, 0.15) is 38.6 Å². The van der Waals surface area contributed by atoms with Crippen molar-refractivity contribution < 1.29 is 13.2 Å². The molecular formula is C16H23N5O4S2. The summed E-state index contributed by atoms with van der Waals surface area (Å²) in [6, 6.07) is 2.40. The minimum Gasteiger partial charge on any atom is -0.305 e. The van der Waals surface area contributed by atoms with Crippen LogP contribution in [-0.2, 0) is 21.4 Å². The van der Waals surface area contributed by atoms with Gasteiger partial charge in [0.05, 0.1) is 4.90 Å². The van der Waals surface area contributed by atoms with Crippen LogP contribution >= 0.6 is 11.3 Å². The topological polar surface area (TPSA) is 114 Å². The van der Waals surface area contributed by atoms with Gasteiger partial charge in [-0.25, -0.2) is 8.42 Å². The van der Waals surface area contributed by atoms with Crippen LogP contribution < -0.4 is 10.9 Å². The number of nitrogens with zero attached hydrogens (tertiary/aromatic N) is 4. The zero-order chi connectivity index (χ0) is 20.2. The third-order valence-corrected chi connectivity index (χ3v) is 6.97. The first-order chi connectivity index (χ1) is 12.7. The van der Waals surface area contributed by atoms with Crippen molar-refractivity contribution in [1.29, 1.82) is 0 Å². The highest BCUT2D eigenvalue weighted by Gasteiger charge is 2.22. The molecule has 0 atom stereocenters. The fraction of sp³-hybridized carbons (Fsp3) is 0.500. The molecule has 0 fully saturated rings. The standard InChI is InChI=1S/C16H23N5O4S2/c1-5-21(6-2)27(24,25)12-7-8-14(23)20(9-12)10-13(22)17-16-19-18-15(26-16)11(3)4/h7-9,11H,5-6,10H2,1-4H3,(H,17,19,22). The zero-order valence-electron chi connectivity index (χ0n) is 15.7. The molecule has 0 saturated carbocycles. The molecule has 11 heteroatoms. The van der Waals surface area contributed by atoms with Gasteiger partial charge in [0.2, 0.25) is 21.1 Å². The number of anilines is 1. The third kappa shape index (κ3) is 4.99. The van der Waals surface area contributed by atoms with Crippen LogP contribution in [0.2, 0.25) is 0 Å². The number of hydrogen-bond acceptors (Lipinski definition) is 7. The molecule has 0 unspecified atom stereocenters. The van der Waals surface area contributed by atoms with Gasteiger partial charge in [-0.3, -0.25) is 14.9 Å². The second-order valence-corrected chi connectivity index (χ2v) is 9.02. The maximum absolute atomic E-state index is 12.6. The zero-order valence-corrected chi connectivity index (χ0v) is 17.3. The van der Waals surface area contributed by atoms with E-state index in [0.717, 1.165) is 15.6 Å². The van der Waals surface area contributed by atoms with Crippen LogP contribution in [0.5, 0.6) is 0 Å². The molecule has 0 radical (unpaired) electrons. The first-order valence-electron chi connectivity index (χ1n) is 8.52. The van der Waals surface area contributed by atoms with E-state index >= 15 is 0 Å². The van der Waals surface area contributed by atoms with Crippen molar-refractivity contribution in [3.8, 4) is 0 Å². The average molecular weight is 414 g/mol. The molecule has 2 aromatic heterocycles. The van der Waals surface area contributed by atoms with E-state index in [0.29, 0.717) is 18.2 Å². The van der Waals surface area contributed by atoms with Gasteiger partial charge in [0.1, 0.15) is 11.6 Å². The molecule has 27 heavy (non-hydrogen) atoms. The third-order valence-electron chi connectivity index (χ3n) is 3.79. The number of sulfonamides is 1. The Balaban J connectivity index is 2.20. The fourth-order valence-electron chi connectivity index (χ4n) is 2.33. The molecule has 2 heterocycles. The Bertz CT molecular complexity index is 961. The largest absolute Gasteiger partial charge is 0.305 e. The molecule has 0 bridgehead atoms. The van der Waals surface area contributed by atoms with Crippen molar-refractivity contribution >= 4 is 32.4 Å². The lowest BCUT2D eigenvalue weighted by Gasteiger charge is -2.18. The van der Waals surface area contributed by atoms with Crippen molar-refractivity contribution in [3.05, 3.63) is 33.7 Å². The Hall–Kier alpha value is -2.11. The normalized spacial score (nSPS) is 11.9. The van der Waals surface area contributed by atoms with Gasteiger partial charge in [-0.05, 0) is 6.07 Å². The van der Waals surface area contributed by atoms with Gasteiger partial charge >= 0.3 is 0 Å². The van der Waals surface area contributed by atoms with E-state index in [1.807, 2.05) is 13.8 Å². The molecule has 9 nitrogen and oxygen atoms in total. The Morgan fingerprint density at radius 3 is 2.48 bits per heavy atom. The van der Waals surface area contributed by atoms with E-state index in [4.69, 9.17) is 0 Å². The number of rotatable bonds is 8. The number of carbonyl (C=O) groups excluding carboxylic acids is 1. The quantitative estimate of drug-likeness (QED) is 0.701. The van der Waals surface area contributed by atoms with Crippen LogP contribution in [0.4, 0.5) is 5.13 Å². The summed E-state index contributed by atoms with van der Waals surface area (Å²) in [4.78, 5) is 24.2. The molecule has 148 valence electrons. The lowest BCUT2D eigenvalue weighted by Crippen LogP contribution is -2.33. The number of pyridine rings is 1. The van der Waals surface area contributed by atoms with Crippen LogP contribution in [-0.4, -0.2) is 46.5 Å². The smallest absolute Gasteiger partial charge is 0.251 e. The second-order valence-electron chi connectivity index (χ2n) is 6.07. The van der Waals surface area contributed by atoms with Crippen molar-refractivity contribution in [1.82, 2.24) is 19.1 Å². The van der Waals surface area contributed by atoms with Crippen molar-refractivity contribution in [2.24, 2.45) is 0 Å². The summed E-state index contributed by atoms with van der Waals surface area (Å²) in [7, 11) is -3.72. The lowest BCUT2D eigenvalue weighted by atomic mass is 10.2. The first kappa shape index (κ1) is 21.2. The molecule has 0 aliphatic rings. The molecule has 1 amide bonds. The average Bonchev–Trinajstić information content (AvgIpc) is 3.06. The Morgan fingerprint density at radius 2 is 1.93 bits per heavy atom. The summed E-state index contributed by atoms with van der Waals surface area (Å²) < 4.78 is 27.5. The van der Waals surface area contributed by atoms with Gasteiger partial charge in [0, 0.05) is 31.3 Å². The van der Waals surface area contributed by atoms with Crippen molar-refractivity contribution in [2.45, 2.75) is 45.1 Å². The predicted octanol–water partition coefficient (Wildman–Crippen LogP) is 1.49. The summed E-state index contributed by atoms with van der Waals surface area (Å²) in [6.07, 6.45) is 1.19. The molecule has 0 saturated heterocycles. The molecule has 1 N–H and O–H groups in total. The van der Waals surface area contributed by atoms with Crippen LogP contribution in [0.3, 0.4) is 0 Å². The Morgan fingerprint density at radius 1 is 1.26 bits per heavy atom. The molecule has 2 aromatic rings. The van der Waals surface area contributed by atoms with E-state index in [1.165, 1.54) is 27.9 Å². The Labute approximate surface area is 162 Å². The summed E-state index contributed by atoms with van der Waals surface area (Å²) in [5.41, 5.74) is -0.469. The molecule has 0 aliphatic carbocycles. The van der Waals surface area contributed by atoms with Crippen LogP contribution in [0.25, 0.3) is 0 Å². The summed E-state index contributed by atoms with van der Waals surface area (Å²) in [5.74, 6) is -0.293. The van der Waals surface area contributed by atoms with Gasteiger partial charge in [-0.2, -0.15) is 4.31 Å². The van der Waals surface area contributed by atoms with Gasteiger partial charge in [-0.15, -0.1) is 10.2 Å². The van der Waals surface area contributed by atoms with Crippen molar-refractivity contribution in [2.75, 3.05) is 18.4 Å². The van der Waals surface area contributed by atoms with Crippen LogP contribution in [0.15, 0.2) is 28.0 Å². The highest BCUT2D eigenvalue weighted by atomic mass is 32.2.